The zero-order valence-electron chi connectivity index (χ0n) is 28.1. The predicted octanol–water partition coefficient (Wildman–Crippen LogP) is 10.2. The van der Waals surface area contributed by atoms with Crippen LogP contribution < -0.4 is 4.74 Å². The van der Waals surface area contributed by atoms with E-state index in [4.69, 9.17) is 9.84 Å². The molecule has 5 nitrogen and oxygen atoms in total. The van der Waals surface area contributed by atoms with E-state index in [1.165, 1.54) is 35.0 Å². The maximum absolute atomic E-state index is 14.3. The van der Waals surface area contributed by atoms with Gasteiger partial charge in [0.1, 0.15) is 11.6 Å². The first-order valence-electron chi connectivity index (χ1n) is 16.1. The van der Waals surface area contributed by atoms with Gasteiger partial charge in [0.2, 0.25) is 0 Å². The number of benzene rings is 3. The molecular formula is C40H39FN4OPt. The minimum atomic E-state index is -0.346. The van der Waals surface area contributed by atoms with Gasteiger partial charge in [-0.15, -0.1) is 35.7 Å². The van der Waals surface area contributed by atoms with E-state index in [1.807, 2.05) is 45.6 Å². The number of aromatic nitrogens is 4. The van der Waals surface area contributed by atoms with Gasteiger partial charge in [-0.25, -0.2) is 9.37 Å². The molecule has 1 aliphatic carbocycles. The maximum atomic E-state index is 14.3. The van der Waals surface area contributed by atoms with E-state index in [0.717, 1.165) is 44.4 Å². The summed E-state index contributed by atoms with van der Waals surface area (Å²) in [5, 5.41) is 7.08. The van der Waals surface area contributed by atoms with Crippen molar-refractivity contribution in [1.29, 1.82) is 0 Å². The van der Waals surface area contributed by atoms with E-state index < -0.39 is 0 Å². The number of hydrogen-bond acceptors (Lipinski definition) is 3. The number of nitrogens with zero attached hydrogens (tertiary/aromatic N) is 4. The van der Waals surface area contributed by atoms with Gasteiger partial charge in [-0.05, 0) is 68.7 Å². The molecule has 7 rings (SSSR count). The summed E-state index contributed by atoms with van der Waals surface area (Å²) >= 11 is 0. The summed E-state index contributed by atoms with van der Waals surface area (Å²) in [6.45, 7) is 18.1. The van der Waals surface area contributed by atoms with Crippen molar-refractivity contribution in [3.8, 4) is 23.0 Å². The van der Waals surface area contributed by atoms with E-state index in [2.05, 4.69) is 84.6 Å². The molecular weight excluding hydrogens is 767 g/mol. The Labute approximate surface area is 290 Å². The summed E-state index contributed by atoms with van der Waals surface area (Å²) in [4.78, 5) is 4.47. The number of hydrogen-bond donors (Lipinski definition) is 0. The average molecular weight is 806 g/mol. The van der Waals surface area contributed by atoms with Gasteiger partial charge in [0.05, 0.1) is 5.69 Å². The number of rotatable bonds is 5. The standard InChI is InChI=1S/C40H39FN4O.Pt/c1-22-17-31(45-29(8)40(28(7)43-45)39-26(5)24(3)23(2)25(4)27(39)6)20-33(18-22)46-32-13-14-35-34-11-9-10-12-36(34)44(37(35)21-32)38-19-30(41)15-16-42-38;/h9-19,23-24,26,39H,1-8H3;/q-2;+2/t23-,24+,26+,39?;/m1./s1. The molecule has 0 amide bonds. The third-order valence-electron chi connectivity index (χ3n) is 10.5. The first-order valence-corrected chi connectivity index (χ1v) is 16.1. The summed E-state index contributed by atoms with van der Waals surface area (Å²) < 4.78 is 24.7. The van der Waals surface area contributed by atoms with Crippen molar-refractivity contribution >= 4 is 21.8 Å². The maximum Gasteiger partial charge on any atom is 2.00 e. The predicted molar refractivity (Wildman–Crippen MR) is 183 cm³/mol. The Morgan fingerprint density at radius 2 is 1.57 bits per heavy atom. The van der Waals surface area contributed by atoms with Crippen LogP contribution in [-0.4, -0.2) is 19.3 Å². The molecule has 6 aromatic rings. The summed E-state index contributed by atoms with van der Waals surface area (Å²) in [6.07, 6.45) is 1.48. The molecule has 0 N–H and O–H groups in total. The molecule has 7 heteroatoms. The Morgan fingerprint density at radius 3 is 2.34 bits per heavy atom. The Kier molecular flexibility index (Phi) is 8.78. The van der Waals surface area contributed by atoms with Gasteiger partial charge in [-0.2, -0.15) is 16.7 Å². The molecule has 0 bridgehead atoms. The van der Waals surface area contributed by atoms with Crippen molar-refractivity contribution in [3.05, 3.63) is 118 Å². The normalized spacial score (nSPS) is 19.8. The number of halogens is 1. The second-order valence-electron chi connectivity index (χ2n) is 13.1. The molecule has 3 aromatic heterocycles. The fourth-order valence-corrected chi connectivity index (χ4v) is 7.61. The van der Waals surface area contributed by atoms with E-state index in [9.17, 15) is 4.39 Å². The molecule has 0 aliphatic heterocycles. The molecule has 1 aliphatic rings. The number of para-hydroxylation sites is 1. The summed E-state index contributed by atoms with van der Waals surface area (Å²) in [5.41, 5.74) is 10.0. The van der Waals surface area contributed by atoms with Gasteiger partial charge in [0.15, 0.2) is 0 Å². The SMILES string of the molecule is CC1=C(C)[C@H](C)[C@H](C)[C@H](C)C1c1c(C)nn(-c2[c-]c(Oc3[c-]c4c(cc3)c3ccccc3n4-c3cc(F)ccn3)cc(C)c2)c1C.[Pt+2]. The Hall–Kier alpha value is -4.02. The smallest absolute Gasteiger partial charge is 0.509 e. The van der Waals surface area contributed by atoms with Crippen molar-refractivity contribution in [2.45, 2.75) is 61.3 Å². The zero-order valence-corrected chi connectivity index (χ0v) is 30.3. The molecule has 47 heavy (non-hydrogen) atoms. The molecule has 3 aromatic carbocycles. The van der Waals surface area contributed by atoms with Crippen LogP contribution in [0.4, 0.5) is 4.39 Å². The summed E-state index contributed by atoms with van der Waals surface area (Å²) in [5.74, 6) is 3.26. The molecule has 0 radical (unpaired) electrons. The Bertz CT molecular complexity index is 2180. The van der Waals surface area contributed by atoms with Crippen molar-refractivity contribution in [2.24, 2.45) is 17.8 Å². The van der Waals surface area contributed by atoms with Crippen LogP contribution in [0.1, 0.15) is 63.1 Å². The van der Waals surface area contributed by atoms with Crippen molar-refractivity contribution in [3.63, 3.8) is 0 Å². The summed E-state index contributed by atoms with van der Waals surface area (Å²) in [7, 11) is 0. The molecule has 0 saturated carbocycles. The van der Waals surface area contributed by atoms with Gasteiger partial charge in [-0.3, -0.25) is 4.68 Å². The van der Waals surface area contributed by atoms with Gasteiger partial charge in [0.25, 0.3) is 0 Å². The van der Waals surface area contributed by atoms with E-state index in [0.29, 0.717) is 41.0 Å². The van der Waals surface area contributed by atoms with Crippen LogP contribution in [0, 0.1) is 56.5 Å². The van der Waals surface area contributed by atoms with Gasteiger partial charge >= 0.3 is 21.1 Å². The second kappa shape index (κ2) is 12.5. The monoisotopic (exact) mass is 805 g/mol. The van der Waals surface area contributed by atoms with Crippen LogP contribution in [-0.2, 0) is 21.1 Å². The molecule has 0 saturated heterocycles. The Balaban J connectivity index is 0.00000386. The number of allylic oxidation sites excluding steroid dienone is 2. The topological polar surface area (TPSA) is 44.9 Å². The summed E-state index contributed by atoms with van der Waals surface area (Å²) in [6, 6.07) is 25.8. The molecule has 0 fully saturated rings. The number of ether oxygens (including phenoxy) is 1. The minimum absolute atomic E-state index is 0. The van der Waals surface area contributed by atoms with Crippen LogP contribution in [0.15, 0.2) is 78.0 Å². The van der Waals surface area contributed by atoms with Crippen LogP contribution in [0.25, 0.3) is 33.3 Å². The van der Waals surface area contributed by atoms with Gasteiger partial charge < -0.3 is 9.30 Å². The molecule has 0 spiro atoms. The Morgan fingerprint density at radius 1 is 0.809 bits per heavy atom. The van der Waals surface area contributed by atoms with Crippen LogP contribution in [0.2, 0.25) is 0 Å². The van der Waals surface area contributed by atoms with Crippen molar-refractivity contribution in [1.82, 2.24) is 19.3 Å². The second-order valence-corrected chi connectivity index (χ2v) is 13.1. The average Bonchev–Trinajstić information content (AvgIpc) is 3.52. The van der Waals surface area contributed by atoms with Crippen LogP contribution in [0.5, 0.6) is 11.5 Å². The van der Waals surface area contributed by atoms with Gasteiger partial charge in [0, 0.05) is 46.5 Å². The van der Waals surface area contributed by atoms with Crippen molar-refractivity contribution < 1.29 is 30.2 Å². The van der Waals surface area contributed by atoms with Crippen LogP contribution >= 0.6 is 0 Å². The van der Waals surface area contributed by atoms with Gasteiger partial charge in [-0.1, -0.05) is 62.6 Å². The van der Waals surface area contributed by atoms with Crippen molar-refractivity contribution in [2.75, 3.05) is 0 Å². The van der Waals surface area contributed by atoms with Crippen LogP contribution in [0.3, 0.4) is 0 Å². The number of pyridine rings is 1. The fourth-order valence-electron chi connectivity index (χ4n) is 7.61. The number of aryl methyl sites for hydroxylation is 2. The zero-order chi connectivity index (χ0) is 32.4. The first kappa shape index (κ1) is 32.9. The van der Waals surface area contributed by atoms with E-state index in [1.54, 1.807) is 0 Å². The van der Waals surface area contributed by atoms with E-state index >= 15 is 0 Å². The third-order valence-corrected chi connectivity index (χ3v) is 10.5. The quantitative estimate of drug-likeness (QED) is 0.129. The fraction of sp³-hybridized carbons (Fsp3) is 0.300. The number of fused-ring (bicyclic) bond motifs is 3. The minimum Gasteiger partial charge on any atom is -0.509 e. The molecule has 1 unspecified atom stereocenters. The molecule has 4 atom stereocenters. The van der Waals surface area contributed by atoms with E-state index in [-0.39, 0.29) is 26.9 Å². The molecule has 3 heterocycles. The largest absolute Gasteiger partial charge is 2.00 e. The third kappa shape index (κ3) is 5.55. The first-order chi connectivity index (χ1) is 22.0. The molecule has 242 valence electrons.